The molecule has 0 radical (unpaired) electrons. The summed E-state index contributed by atoms with van der Waals surface area (Å²) in [6, 6.07) is 3.63. The first-order chi connectivity index (χ1) is 6.70. The van der Waals surface area contributed by atoms with Crippen molar-refractivity contribution in [3.8, 4) is 5.75 Å². The van der Waals surface area contributed by atoms with Crippen LogP contribution >= 0.6 is 15.9 Å². The summed E-state index contributed by atoms with van der Waals surface area (Å²) in [6.07, 6.45) is 2.84. The van der Waals surface area contributed by atoms with Gasteiger partial charge in [0.2, 0.25) is 0 Å². The number of benzene rings is 1. The highest BCUT2D eigenvalue weighted by molar-refractivity contribution is 9.10. The van der Waals surface area contributed by atoms with E-state index in [4.69, 9.17) is 4.74 Å². The molecule has 0 aliphatic heterocycles. The first kappa shape index (κ1) is 11.5. The van der Waals surface area contributed by atoms with E-state index in [0.717, 1.165) is 24.8 Å². The van der Waals surface area contributed by atoms with E-state index in [2.05, 4.69) is 22.9 Å². The molecule has 78 valence electrons. The second-order valence-corrected chi connectivity index (χ2v) is 4.01. The van der Waals surface area contributed by atoms with Gasteiger partial charge >= 0.3 is 0 Å². The number of unbranched alkanes of at least 4 members (excludes halogenated alkanes) is 1. The van der Waals surface area contributed by atoms with Crippen LogP contribution in [0.2, 0.25) is 0 Å². The lowest BCUT2D eigenvalue weighted by Crippen LogP contribution is -1.96. The third-order valence-electron chi connectivity index (χ3n) is 2.13. The van der Waals surface area contributed by atoms with Crippen LogP contribution in [-0.2, 0) is 6.42 Å². The van der Waals surface area contributed by atoms with Crippen LogP contribution in [0.15, 0.2) is 16.6 Å². The number of hydrogen-bond donors (Lipinski definition) is 0. The fourth-order valence-corrected chi connectivity index (χ4v) is 1.79. The van der Waals surface area contributed by atoms with E-state index in [1.54, 1.807) is 6.07 Å². The molecular weight excluding hydrogens is 247 g/mol. The van der Waals surface area contributed by atoms with Crippen LogP contribution in [0.4, 0.5) is 4.39 Å². The summed E-state index contributed by atoms with van der Waals surface area (Å²) in [7, 11) is 1.48. The van der Waals surface area contributed by atoms with Crippen molar-refractivity contribution in [2.24, 2.45) is 0 Å². The molecule has 0 fully saturated rings. The first-order valence-electron chi connectivity index (χ1n) is 4.71. The van der Waals surface area contributed by atoms with E-state index in [-0.39, 0.29) is 5.82 Å². The molecule has 0 saturated heterocycles. The lowest BCUT2D eigenvalue weighted by Gasteiger charge is -2.08. The third kappa shape index (κ3) is 2.47. The Hall–Kier alpha value is -0.570. The Balaban J connectivity index is 2.96. The Kier molecular flexibility index (Phi) is 4.39. The van der Waals surface area contributed by atoms with E-state index in [1.165, 1.54) is 7.11 Å². The van der Waals surface area contributed by atoms with Crippen molar-refractivity contribution in [3.63, 3.8) is 0 Å². The Morgan fingerprint density at radius 2 is 2.14 bits per heavy atom. The summed E-state index contributed by atoms with van der Waals surface area (Å²) in [6.45, 7) is 2.09. The molecule has 0 aliphatic carbocycles. The largest absolute Gasteiger partial charge is 0.492 e. The van der Waals surface area contributed by atoms with Crippen LogP contribution in [0.1, 0.15) is 25.3 Å². The summed E-state index contributed by atoms with van der Waals surface area (Å²) in [5.41, 5.74) is 0.729. The molecule has 3 heteroatoms. The molecule has 1 nitrogen and oxygen atoms in total. The van der Waals surface area contributed by atoms with E-state index in [1.807, 2.05) is 6.07 Å². The SMILES string of the molecule is CCCCc1ccc(Br)c(OC)c1F. The minimum Gasteiger partial charge on any atom is -0.492 e. The topological polar surface area (TPSA) is 9.23 Å². The molecule has 0 aliphatic rings. The predicted octanol–water partition coefficient (Wildman–Crippen LogP) is 3.94. The average molecular weight is 261 g/mol. The molecule has 0 spiro atoms. The molecule has 0 saturated carbocycles. The second-order valence-electron chi connectivity index (χ2n) is 3.16. The van der Waals surface area contributed by atoms with E-state index < -0.39 is 0 Å². The quantitative estimate of drug-likeness (QED) is 0.797. The van der Waals surface area contributed by atoms with Crippen LogP contribution in [0.5, 0.6) is 5.75 Å². The fourth-order valence-electron chi connectivity index (χ4n) is 1.32. The van der Waals surface area contributed by atoms with Gasteiger partial charge in [-0.2, -0.15) is 0 Å². The highest BCUT2D eigenvalue weighted by Gasteiger charge is 2.11. The van der Waals surface area contributed by atoms with Crippen molar-refractivity contribution in [2.45, 2.75) is 26.2 Å². The number of ether oxygens (including phenoxy) is 1. The summed E-state index contributed by atoms with van der Waals surface area (Å²) in [5.74, 6) is 0.0638. The minimum absolute atomic E-state index is 0.240. The van der Waals surface area contributed by atoms with Crippen molar-refractivity contribution in [2.75, 3.05) is 7.11 Å². The van der Waals surface area contributed by atoms with Gasteiger partial charge in [0.05, 0.1) is 11.6 Å². The number of halogens is 2. The lowest BCUT2D eigenvalue weighted by molar-refractivity contribution is 0.381. The standard InChI is InChI=1S/C11H14BrFO/c1-3-4-5-8-6-7-9(12)11(14-2)10(8)13/h6-7H,3-5H2,1-2H3. The Bertz CT molecular complexity index is 312. The molecule has 0 bridgehead atoms. The zero-order valence-electron chi connectivity index (χ0n) is 8.44. The van der Waals surface area contributed by atoms with Gasteiger partial charge in [0, 0.05) is 0 Å². The maximum Gasteiger partial charge on any atom is 0.169 e. The first-order valence-corrected chi connectivity index (χ1v) is 5.50. The van der Waals surface area contributed by atoms with Gasteiger partial charge < -0.3 is 4.74 Å². The molecule has 14 heavy (non-hydrogen) atoms. The normalized spacial score (nSPS) is 10.3. The summed E-state index contributed by atoms with van der Waals surface area (Å²) < 4.78 is 19.3. The number of hydrogen-bond acceptors (Lipinski definition) is 1. The monoisotopic (exact) mass is 260 g/mol. The van der Waals surface area contributed by atoms with Crippen molar-refractivity contribution in [1.82, 2.24) is 0 Å². The molecular formula is C11H14BrFO. The van der Waals surface area contributed by atoms with Gasteiger partial charge in [0.25, 0.3) is 0 Å². The molecule has 0 amide bonds. The molecule has 0 aromatic heterocycles. The van der Waals surface area contributed by atoms with Crippen molar-refractivity contribution in [1.29, 1.82) is 0 Å². The summed E-state index contributed by atoms with van der Waals surface area (Å²) in [5, 5.41) is 0. The van der Waals surface area contributed by atoms with Crippen LogP contribution in [-0.4, -0.2) is 7.11 Å². The minimum atomic E-state index is -0.240. The van der Waals surface area contributed by atoms with Gasteiger partial charge in [-0.1, -0.05) is 19.4 Å². The third-order valence-corrected chi connectivity index (χ3v) is 2.76. The molecule has 0 N–H and O–H groups in total. The van der Waals surface area contributed by atoms with Gasteiger partial charge in [-0.05, 0) is 40.4 Å². The van der Waals surface area contributed by atoms with Gasteiger partial charge in [-0.15, -0.1) is 0 Å². The number of rotatable bonds is 4. The van der Waals surface area contributed by atoms with E-state index in [0.29, 0.717) is 10.2 Å². The van der Waals surface area contributed by atoms with Crippen LogP contribution in [0.3, 0.4) is 0 Å². The second kappa shape index (κ2) is 5.35. The predicted molar refractivity (Wildman–Crippen MR) is 59.3 cm³/mol. The van der Waals surface area contributed by atoms with Gasteiger partial charge in [-0.3, -0.25) is 0 Å². The molecule has 0 atom stereocenters. The van der Waals surface area contributed by atoms with Gasteiger partial charge in [0.15, 0.2) is 11.6 Å². The number of methoxy groups -OCH3 is 1. The smallest absolute Gasteiger partial charge is 0.169 e. The van der Waals surface area contributed by atoms with E-state index in [9.17, 15) is 4.39 Å². The summed E-state index contributed by atoms with van der Waals surface area (Å²) >= 11 is 3.24. The zero-order chi connectivity index (χ0) is 10.6. The van der Waals surface area contributed by atoms with Gasteiger partial charge in [-0.25, -0.2) is 4.39 Å². The Labute approximate surface area is 92.4 Å². The fraction of sp³-hybridized carbons (Fsp3) is 0.455. The maximum atomic E-state index is 13.7. The highest BCUT2D eigenvalue weighted by atomic mass is 79.9. The van der Waals surface area contributed by atoms with Crippen molar-refractivity contribution in [3.05, 3.63) is 28.0 Å². The number of aryl methyl sites for hydroxylation is 1. The molecule has 0 heterocycles. The highest BCUT2D eigenvalue weighted by Crippen LogP contribution is 2.30. The molecule has 1 rings (SSSR count). The Morgan fingerprint density at radius 1 is 1.43 bits per heavy atom. The maximum absolute atomic E-state index is 13.7. The molecule has 1 aromatic carbocycles. The molecule has 0 unspecified atom stereocenters. The zero-order valence-corrected chi connectivity index (χ0v) is 10.0. The van der Waals surface area contributed by atoms with E-state index >= 15 is 0 Å². The van der Waals surface area contributed by atoms with Gasteiger partial charge in [0.1, 0.15) is 0 Å². The lowest BCUT2D eigenvalue weighted by atomic mass is 10.1. The van der Waals surface area contributed by atoms with Crippen LogP contribution in [0, 0.1) is 5.82 Å². The van der Waals surface area contributed by atoms with Crippen molar-refractivity contribution >= 4 is 15.9 Å². The summed E-state index contributed by atoms with van der Waals surface area (Å²) in [4.78, 5) is 0. The van der Waals surface area contributed by atoms with Crippen LogP contribution in [0.25, 0.3) is 0 Å². The van der Waals surface area contributed by atoms with Crippen molar-refractivity contribution < 1.29 is 9.13 Å². The Morgan fingerprint density at radius 3 is 2.71 bits per heavy atom. The molecule has 1 aromatic rings. The average Bonchev–Trinajstić information content (AvgIpc) is 2.18. The van der Waals surface area contributed by atoms with Crippen LogP contribution < -0.4 is 4.74 Å².